The number of hydrogen-bond donors (Lipinski definition) is 0. The van der Waals surface area contributed by atoms with Gasteiger partial charge in [-0.25, -0.2) is 3.63 Å². The van der Waals surface area contributed by atoms with E-state index in [2.05, 4.69) is 27.7 Å². The fourth-order valence-corrected chi connectivity index (χ4v) is 4.59. The molecule has 2 atom stereocenters. The summed E-state index contributed by atoms with van der Waals surface area (Å²) in [7, 11) is 0. The average molecular weight is 363 g/mol. The Morgan fingerprint density at radius 1 is 0.565 bits per heavy atom. The normalized spacial score (nSPS) is 14.1. The third-order valence-corrected chi connectivity index (χ3v) is 6.83. The van der Waals surface area contributed by atoms with E-state index in [4.69, 9.17) is 3.63 Å². The van der Waals surface area contributed by atoms with Crippen LogP contribution < -0.4 is 0 Å². The molecule has 0 bridgehead atoms. The van der Waals surface area contributed by atoms with Crippen LogP contribution in [0, 0.1) is 0 Å². The van der Waals surface area contributed by atoms with Crippen molar-refractivity contribution in [2.75, 3.05) is 0 Å². The lowest BCUT2D eigenvalue weighted by atomic mass is 10.1. The van der Waals surface area contributed by atoms with Crippen molar-refractivity contribution in [3.05, 3.63) is 0 Å². The SMILES string of the molecule is CCCCCCCC(CC)SOSC(CC)CCCCCCC. The molecule has 1 nitrogen and oxygen atoms in total. The maximum atomic E-state index is 5.93. The molecule has 0 saturated heterocycles. The first-order chi connectivity index (χ1) is 11.3. The minimum atomic E-state index is 0.686. The van der Waals surface area contributed by atoms with Gasteiger partial charge in [0.25, 0.3) is 0 Å². The Balaban J connectivity index is 3.63. The molecule has 0 aliphatic carbocycles. The molecule has 0 rings (SSSR count). The lowest BCUT2D eigenvalue weighted by Gasteiger charge is -2.16. The summed E-state index contributed by atoms with van der Waals surface area (Å²) in [4.78, 5) is 0. The predicted molar refractivity (Wildman–Crippen MR) is 111 cm³/mol. The first-order valence-electron chi connectivity index (χ1n) is 10.3. The Kier molecular flexibility index (Phi) is 19.5. The molecule has 23 heavy (non-hydrogen) atoms. The summed E-state index contributed by atoms with van der Waals surface area (Å²) in [6.07, 6.45) is 18.9. The van der Waals surface area contributed by atoms with E-state index in [-0.39, 0.29) is 0 Å². The third-order valence-electron chi connectivity index (χ3n) is 4.52. The highest BCUT2D eigenvalue weighted by atomic mass is 32.2. The van der Waals surface area contributed by atoms with Gasteiger partial charge >= 0.3 is 0 Å². The number of rotatable bonds is 18. The van der Waals surface area contributed by atoms with E-state index < -0.39 is 0 Å². The predicted octanol–water partition coefficient (Wildman–Crippen LogP) is 8.58. The minimum absolute atomic E-state index is 0.686. The van der Waals surface area contributed by atoms with Crippen LogP contribution in [0.5, 0.6) is 0 Å². The van der Waals surface area contributed by atoms with Crippen molar-refractivity contribution in [2.24, 2.45) is 0 Å². The fraction of sp³-hybridized carbons (Fsp3) is 1.00. The van der Waals surface area contributed by atoms with E-state index in [9.17, 15) is 0 Å². The van der Waals surface area contributed by atoms with Crippen LogP contribution in [-0.2, 0) is 3.63 Å². The van der Waals surface area contributed by atoms with Crippen molar-refractivity contribution in [2.45, 2.75) is 128 Å². The van der Waals surface area contributed by atoms with Gasteiger partial charge in [-0.15, -0.1) is 0 Å². The Bertz CT molecular complexity index is 202. The third kappa shape index (κ3) is 15.9. The number of hydrogen-bond acceptors (Lipinski definition) is 3. The van der Waals surface area contributed by atoms with Crippen molar-refractivity contribution in [1.29, 1.82) is 0 Å². The largest absolute Gasteiger partial charge is 0.247 e. The zero-order chi connectivity index (χ0) is 17.2. The quantitative estimate of drug-likeness (QED) is 0.178. The Morgan fingerprint density at radius 2 is 0.957 bits per heavy atom. The molecule has 0 aromatic rings. The molecule has 0 saturated carbocycles. The first-order valence-corrected chi connectivity index (χ1v) is 11.9. The van der Waals surface area contributed by atoms with Crippen molar-refractivity contribution in [3.8, 4) is 0 Å². The summed E-state index contributed by atoms with van der Waals surface area (Å²) in [5, 5.41) is 1.37. The van der Waals surface area contributed by atoms with Gasteiger partial charge in [-0.2, -0.15) is 0 Å². The zero-order valence-corrected chi connectivity index (χ0v) is 17.9. The summed E-state index contributed by atoms with van der Waals surface area (Å²) < 4.78 is 5.93. The van der Waals surface area contributed by atoms with Crippen LogP contribution in [0.2, 0.25) is 0 Å². The summed E-state index contributed by atoms with van der Waals surface area (Å²) in [5.74, 6) is 0. The summed E-state index contributed by atoms with van der Waals surface area (Å²) >= 11 is 3.48. The van der Waals surface area contributed by atoms with Gasteiger partial charge in [0.05, 0.1) is 0 Å². The van der Waals surface area contributed by atoms with E-state index in [1.54, 1.807) is 24.1 Å². The summed E-state index contributed by atoms with van der Waals surface area (Å²) in [5.41, 5.74) is 0. The molecule has 0 aliphatic heterocycles. The van der Waals surface area contributed by atoms with Gasteiger partial charge in [-0.1, -0.05) is 91.9 Å². The lowest BCUT2D eigenvalue weighted by Crippen LogP contribution is -2.04. The second-order valence-corrected chi connectivity index (χ2v) is 8.99. The molecule has 0 amide bonds. The van der Waals surface area contributed by atoms with Crippen LogP contribution in [0.25, 0.3) is 0 Å². The highest BCUT2D eigenvalue weighted by Gasteiger charge is 2.12. The van der Waals surface area contributed by atoms with Crippen LogP contribution in [0.15, 0.2) is 0 Å². The fourth-order valence-electron chi connectivity index (χ4n) is 2.73. The molecule has 0 radical (unpaired) electrons. The molecule has 3 heteroatoms. The molecule has 0 N–H and O–H groups in total. The smallest absolute Gasteiger partial charge is 0.0321 e. The molecule has 0 heterocycles. The van der Waals surface area contributed by atoms with Crippen molar-refractivity contribution in [3.63, 3.8) is 0 Å². The van der Waals surface area contributed by atoms with Gasteiger partial charge in [0.2, 0.25) is 0 Å². The summed E-state index contributed by atoms with van der Waals surface area (Å²) in [6, 6.07) is 0. The van der Waals surface area contributed by atoms with Crippen molar-refractivity contribution in [1.82, 2.24) is 0 Å². The van der Waals surface area contributed by atoms with Gasteiger partial charge in [-0.3, -0.25) is 0 Å². The van der Waals surface area contributed by atoms with Gasteiger partial charge in [0, 0.05) is 34.6 Å². The molecule has 0 spiro atoms. The van der Waals surface area contributed by atoms with Gasteiger partial charge < -0.3 is 0 Å². The van der Waals surface area contributed by atoms with Crippen LogP contribution in [-0.4, -0.2) is 10.5 Å². The maximum absolute atomic E-state index is 5.93. The molecule has 0 aliphatic rings. The second kappa shape index (κ2) is 19.0. The van der Waals surface area contributed by atoms with E-state index in [0.717, 1.165) is 0 Å². The maximum Gasteiger partial charge on any atom is 0.0321 e. The van der Waals surface area contributed by atoms with Crippen LogP contribution in [0.1, 0.15) is 118 Å². The van der Waals surface area contributed by atoms with E-state index >= 15 is 0 Å². The van der Waals surface area contributed by atoms with Crippen LogP contribution in [0.4, 0.5) is 0 Å². The lowest BCUT2D eigenvalue weighted by molar-refractivity contribution is 0.574. The molecule has 140 valence electrons. The zero-order valence-electron chi connectivity index (χ0n) is 16.3. The average Bonchev–Trinajstić information content (AvgIpc) is 2.58. The van der Waals surface area contributed by atoms with Crippen molar-refractivity contribution < 1.29 is 3.63 Å². The second-order valence-electron chi connectivity index (χ2n) is 6.73. The van der Waals surface area contributed by atoms with Crippen LogP contribution >= 0.6 is 24.1 Å². The number of unbranched alkanes of at least 4 members (excludes halogenated alkanes) is 8. The molecule has 0 fully saturated rings. The van der Waals surface area contributed by atoms with Gasteiger partial charge in [-0.05, 0) is 25.7 Å². The minimum Gasteiger partial charge on any atom is -0.247 e. The van der Waals surface area contributed by atoms with Gasteiger partial charge in [0.1, 0.15) is 0 Å². The molecular weight excluding hydrogens is 320 g/mol. The molecular formula is C20H42OS2. The monoisotopic (exact) mass is 362 g/mol. The Labute approximate surface area is 155 Å². The van der Waals surface area contributed by atoms with E-state index in [1.807, 2.05) is 0 Å². The topological polar surface area (TPSA) is 9.23 Å². The van der Waals surface area contributed by atoms with Crippen LogP contribution in [0.3, 0.4) is 0 Å². The van der Waals surface area contributed by atoms with E-state index in [1.165, 1.54) is 89.9 Å². The Morgan fingerprint density at radius 3 is 1.30 bits per heavy atom. The Hall–Kier alpha value is 0.660. The molecule has 2 unspecified atom stereocenters. The summed E-state index contributed by atoms with van der Waals surface area (Å²) in [6.45, 7) is 9.15. The highest BCUT2D eigenvalue weighted by Crippen LogP contribution is 2.31. The van der Waals surface area contributed by atoms with Crippen molar-refractivity contribution >= 4 is 24.1 Å². The molecule has 0 aromatic heterocycles. The van der Waals surface area contributed by atoms with Gasteiger partial charge in [0.15, 0.2) is 0 Å². The highest BCUT2D eigenvalue weighted by molar-refractivity contribution is 8.08. The first kappa shape index (κ1) is 23.7. The molecule has 0 aromatic carbocycles. The standard InChI is InChI=1S/C20H42OS2/c1-5-9-11-13-15-17-19(7-3)22-21-23-20(8-4)18-16-14-12-10-6-2/h19-20H,5-18H2,1-4H3. The van der Waals surface area contributed by atoms with E-state index in [0.29, 0.717) is 10.5 Å².